The summed E-state index contributed by atoms with van der Waals surface area (Å²) >= 11 is 0. The number of aryl methyl sites for hydroxylation is 1. The Morgan fingerprint density at radius 1 is 1.10 bits per heavy atom. The SMILES string of the molecule is COc1ccccc1C(C)N(C)C(=O)c1ccc(C)c(NC(=O)c2ccco2)c1. The van der Waals surface area contributed by atoms with Crippen LogP contribution in [-0.4, -0.2) is 30.9 Å². The predicted molar refractivity (Wildman–Crippen MR) is 111 cm³/mol. The Balaban J connectivity index is 1.82. The number of amides is 2. The summed E-state index contributed by atoms with van der Waals surface area (Å²) in [6.07, 6.45) is 1.44. The third kappa shape index (κ3) is 4.32. The Hall–Kier alpha value is -3.54. The van der Waals surface area contributed by atoms with Crippen LogP contribution in [0.25, 0.3) is 0 Å². The summed E-state index contributed by atoms with van der Waals surface area (Å²) in [6, 6.07) is 15.9. The van der Waals surface area contributed by atoms with E-state index >= 15 is 0 Å². The van der Waals surface area contributed by atoms with Crippen molar-refractivity contribution in [2.45, 2.75) is 19.9 Å². The highest BCUT2D eigenvalue weighted by molar-refractivity contribution is 6.04. The number of methoxy groups -OCH3 is 1. The van der Waals surface area contributed by atoms with Gasteiger partial charge in [-0.3, -0.25) is 9.59 Å². The molecule has 3 aromatic rings. The molecule has 150 valence electrons. The molecule has 1 atom stereocenters. The molecule has 1 aromatic heterocycles. The number of ether oxygens (including phenoxy) is 1. The van der Waals surface area contributed by atoms with Gasteiger partial charge in [0.2, 0.25) is 0 Å². The van der Waals surface area contributed by atoms with Gasteiger partial charge in [-0.2, -0.15) is 0 Å². The average molecular weight is 392 g/mol. The van der Waals surface area contributed by atoms with Crippen molar-refractivity contribution in [3.8, 4) is 5.75 Å². The fourth-order valence-electron chi connectivity index (χ4n) is 3.08. The Morgan fingerprint density at radius 3 is 2.55 bits per heavy atom. The number of furan rings is 1. The van der Waals surface area contributed by atoms with Crippen LogP contribution in [-0.2, 0) is 0 Å². The lowest BCUT2D eigenvalue weighted by atomic mass is 10.0. The number of rotatable bonds is 6. The number of benzene rings is 2. The van der Waals surface area contributed by atoms with Crippen molar-refractivity contribution < 1.29 is 18.7 Å². The fraction of sp³-hybridized carbons (Fsp3) is 0.217. The zero-order chi connectivity index (χ0) is 21.0. The van der Waals surface area contributed by atoms with Gasteiger partial charge in [-0.15, -0.1) is 0 Å². The maximum atomic E-state index is 13.1. The van der Waals surface area contributed by atoms with Crippen LogP contribution in [0.4, 0.5) is 5.69 Å². The molecule has 0 saturated carbocycles. The molecule has 29 heavy (non-hydrogen) atoms. The van der Waals surface area contributed by atoms with Gasteiger partial charge < -0.3 is 19.4 Å². The largest absolute Gasteiger partial charge is 0.496 e. The van der Waals surface area contributed by atoms with Crippen LogP contribution in [0.3, 0.4) is 0 Å². The summed E-state index contributed by atoms with van der Waals surface area (Å²) in [4.78, 5) is 27.0. The molecule has 1 heterocycles. The quantitative estimate of drug-likeness (QED) is 0.661. The van der Waals surface area contributed by atoms with E-state index in [1.165, 1.54) is 6.26 Å². The fourth-order valence-corrected chi connectivity index (χ4v) is 3.08. The van der Waals surface area contributed by atoms with Crippen LogP contribution in [0.2, 0.25) is 0 Å². The molecule has 0 aliphatic heterocycles. The van der Waals surface area contributed by atoms with Crippen molar-refractivity contribution in [3.63, 3.8) is 0 Å². The molecular weight excluding hydrogens is 368 g/mol. The van der Waals surface area contributed by atoms with E-state index in [9.17, 15) is 9.59 Å². The zero-order valence-corrected chi connectivity index (χ0v) is 16.9. The number of hydrogen-bond acceptors (Lipinski definition) is 4. The van der Waals surface area contributed by atoms with Gasteiger partial charge in [0, 0.05) is 23.9 Å². The van der Waals surface area contributed by atoms with Crippen LogP contribution in [0, 0.1) is 6.92 Å². The molecule has 0 spiro atoms. The Morgan fingerprint density at radius 2 is 1.86 bits per heavy atom. The van der Waals surface area contributed by atoms with Crippen LogP contribution < -0.4 is 10.1 Å². The minimum atomic E-state index is -0.363. The van der Waals surface area contributed by atoms with E-state index in [1.807, 2.05) is 44.2 Å². The lowest BCUT2D eigenvalue weighted by molar-refractivity contribution is 0.0740. The molecule has 2 amide bonds. The van der Waals surface area contributed by atoms with Crippen molar-refractivity contribution >= 4 is 17.5 Å². The highest BCUT2D eigenvalue weighted by atomic mass is 16.5. The molecule has 2 aromatic carbocycles. The van der Waals surface area contributed by atoms with E-state index in [2.05, 4.69) is 5.32 Å². The van der Waals surface area contributed by atoms with Gasteiger partial charge in [0.1, 0.15) is 5.75 Å². The van der Waals surface area contributed by atoms with Crippen LogP contribution >= 0.6 is 0 Å². The maximum Gasteiger partial charge on any atom is 0.291 e. The third-order valence-corrected chi connectivity index (χ3v) is 4.97. The van der Waals surface area contributed by atoms with Crippen LogP contribution in [0.1, 0.15) is 45.0 Å². The molecule has 0 radical (unpaired) electrons. The van der Waals surface area contributed by atoms with Gasteiger partial charge >= 0.3 is 0 Å². The molecule has 0 aliphatic rings. The first-order valence-corrected chi connectivity index (χ1v) is 9.28. The number of nitrogens with one attached hydrogen (secondary N) is 1. The summed E-state index contributed by atoms with van der Waals surface area (Å²) in [5.74, 6) is 0.424. The first-order chi connectivity index (χ1) is 13.9. The number of para-hydroxylation sites is 1. The second kappa shape index (κ2) is 8.65. The van der Waals surface area contributed by atoms with Crippen molar-refractivity contribution in [1.29, 1.82) is 0 Å². The van der Waals surface area contributed by atoms with Gasteiger partial charge in [-0.25, -0.2) is 0 Å². The normalized spacial score (nSPS) is 11.6. The number of anilines is 1. The smallest absolute Gasteiger partial charge is 0.291 e. The van der Waals surface area contributed by atoms with Crippen molar-refractivity contribution in [1.82, 2.24) is 4.90 Å². The summed E-state index contributed by atoms with van der Waals surface area (Å²) in [5.41, 5.74) is 2.82. The first kappa shape index (κ1) is 20.2. The number of carbonyl (C=O) groups is 2. The summed E-state index contributed by atoms with van der Waals surface area (Å²) < 4.78 is 10.5. The van der Waals surface area contributed by atoms with Gasteiger partial charge in [-0.1, -0.05) is 24.3 Å². The summed E-state index contributed by atoms with van der Waals surface area (Å²) in [7, 11) is 3.36. The van der Waals surface area contributed by atoms with Gasteiger partial charge in [0.05, 0.1) is 19.4 Å². The molecule has 6 nitrogen and oxygen atoms in total. The van der Waals surface area contributed by atoms with E-state index in [1.54, 1.807) is 43.3 Å². The Bertz CT molecular complexity index is 1010. The maximum absolute atomic E-state index is 13.1. The summed E-state index contributed by atoms with van der Waals surface area (Å²) in [5, 5.41) is 2.80. The second-order valence-corrected chi connectivity index (χ2v) is 6.80. The molecule has 6 heteroatoms. The number of nitrogens with zero attached hydrogens (tertiary/aromatic N) is 1. The van der Waals surface area contributed by atoms with Crippen molar-refractivity contribution in [3.05, 3.63) is 83.3 Å². The average Bonchev–Trinajstić information content (AvgIpc) is 3.28. The van der Waals surface area contributed by atoms with E-state index in [0.717, 1.165) is 16.9 Å². The van der Waals surface area contributed by atoms with Gasteiger partial charge in [-0.05, 0) is 49.7 Å². The van der Waals surface area contributed by atoms with E-state index in [0.29, 0.717) is 11.3 Å². The molecule has 3 rings (SSSR count). The monoisotopic (exact) mass is 392 g/mol. The standard InChI is InChI=1S/C23H24N2O4/c1-15-11-12-17(14-19(15)24-22(26)21-10-7-13-29-21)23(27)25(3)16(2)18-8-5-6-9-20(18)28-4/h5-14,16H,1-4H3,(H,24,26). The minimum Gasteiger partial charge on any atom is -0.496 e. The second-order valence-electron chi connectivity index (χ2n) is 6.80. The topological polar surface area (TPSA) is 71.8 Å². The molecule has 1 N–H and O–H groups in total. The zero-order valence-electron chi connectivity index (χ0n) is 16.9. The van der Waals surface area contributed by atoms with E-state index in [-0.39, 0.29) is 23.6 Å². The Labute approximate surface area is 170 Å². The lowest BCUT2D eigenvalue weighted by Crippen LogP contribution is -2.30. The third-order valence-electron chi connectivity index (χ3n) is 4.97. The Kier molecular flexibility index (Phi) is 6.02. The summed E-state index contributed by atoms with van der Waals surface area (Å²) in [6.45, 7) is 3.82. The van der Waals surface area contributed by atoms with Crippen LogP contribution in [0.15, 0.2) is 65.3 Å². The minimum absolute atomic E-state index is 0.156. The van der Waals surface area contributed by atoms with E-state index < -0.39 is 0 Å². The number of hydrogen-bond donors (Lipinski definition) is 1. The highest BCUT2D eigenvalue weighted by Gasteiger charge is 2.22. The van der Waals surface area contributed by atoms with Gasteiger partial charge in [0.25, 0.3) is 11.8 Å². The molecule has 0 fully saturated rings. The molecule has 1 unspecified atom stereocenters. The number of carbonyl (C=O) groups excluding carboxylic acids is 2. The first-order valence-electron chi connectivity index (χ1n) is 9.28. The van der Waals surface area contributed by atoms with Crippen molar-refractivity contribution in [2.75, 3.05) is 19.5 Å². The van der Waals surface area contributed by atoms with Gasteiger partial charge in [0.15, 0.2) is 5.76 Å². The highest BCUT2D eigenvalue weighted by Crippen LogP contribution is 2.29. The van der Waals surface area contributed by atoms with Crippen molar-refractivity contribution in [2.24, 2.45) is 0 Å². The van der Waals surface area contributed by atoms with E-state index in [4.69, 9.17) is 9.15 Å². The lowest BCUT2D eigenvalue weighted by Gasteiger charge is -2.27. The predicted octanol–water partition coefficient (Wildman–Crippen LogP) is 4.68. The molecule has 0 saturated heterocycles. The molecule has 0 bridgehead atoms. The molecule has 0 aliphatic carbocycles. The molecular formula is C23H24N2O4. The van der Waals surface area contributed by atoms with Crippen LogP contribution in [0.5, 0.6) is 5.75 Å².